The van der Waals surface area contributed by atoms with Crippen molar-refractivity contribution in [2.75, 3.05) is 0 Å². The van der Waals surface area contributed by atoms with Gasteiger partial charge in [0, 0.05) is 10.9 Å². The van der Waals surface area contributed by atoms with Gasteiger partial charge in [-0.05, 0) is 52.3 Å². The minimum Gasteiger partial charge on any atom is -0.425 e. The number of para-hydroxylation sites is 1. The van der Waals surface area contributed by atoms with Crippen molar-refractivity contribution in [3.8, 4) is 16.3 Å². The Balaban J connectivity index is 1.68. The molecule has 3 rings (SSSR count). The van der Waals surface area contributed by atoms with Gasteiger partial charge in [0.25, 0.3) is 0 Å². The number of thiazole rings is 1. The van der Waals surface area contributed by atoms with Crippen molar-refractivity contribution in [1.82, 2.24) is 4.98 Å². The van der Waals surface area contributed by atoms with E-state index in [9.17, 15) is 9.18 Å². The van der Waals surface area contributed by atoms with E-state index in [1.54, 1.807) is 35.7 Å². The minimum atomic E-state index is -0.382. The second-order valence-electron chi connectivity index (χ2n) is 4.73. The average molecular weight is 392 g/mol. The normalized spacial score (nSPS) is 10.5. The molecule has 116 valence electrons. The highest BCUT2D eigenvalue weighted by atomic mass is 79.9. The van der Waals surface area contributed by atoms with E-state index in [0.29, 0.717) is 11.4 Å². The van der Waals surface area contributed by atoms with Gasteiger partial charge in [-0.2, -0.15) is 0 Å². The van der Waals surface area contributed by atoms with Gasteiger partial charge in [0.2, 0.25) is 0 Å². The van der Waals surface area contributed by atoms with Crippen molar-refractivity contribution in [3.63, 3.8) is 0 Å². The fourth-order valence-electron chi connectivity index (χ4n) is 1.95. The SMILES string of the molecule is O=C(Cc1csc(-c2ccc(F)cc2)n1)Oc1ccccc1Br. The fourth-order valence-corrected chi connectivity index (χ4v) is 3.14. The lowest BCUT2D eigenvalue weighted by Gasteiger charge is -2.04. The Morgan fingerprint density at radius 3 is 2.65 bits per heavy atom. The summed E-state index contributed by atoms with van der Waals surface area (Å²) in [5, 5.41) is 2.55. The predicted octanol–water partition coefficient (Wildman–Crippen LogP) is 4.86. The molecule has 0 saturated carbocycles. The Hall–Kier alpha value is -2.05. The van der Waals surface area contributed by atoms with Crippen molar-refractivity contribution in [2.45, 2.75) is 6.42 Å². The number of ether oxygens (including phenoxy) is 1. The van der Waals surface area contributed by atoms with Crippen LogP contribution in [0.3, 0.4) is 0 Å². The number of aromatic nitrogens is 1. The first-order valence-corrected chi connectivity index (χ1v) is 8.44. The molecule has 0 aliphatic rings. The molecule has 0 aliphatic carbocycles. The Labute approximate surface area is 144 Å². The van der Waals surface area contributed by atoms with Crippen LogP contribution in [0, 0.1) is 5.82 Å². The number of halogens is 2. The number of esters is 1. The van der Waals surface area contributed by atoms with Gasteiger partial charge >= 0.3 is 5.97 Å². The van der Waals surface area contributed by atoms with Crippen molar-refractivity contribution < 1.29 is 13.9 Å². The van der Waals surface area contributed by atoms with Gasteiger partial charge in [-0.15, -0.1) is 11.3 Å². The summed E-state index contributed by atoms with van der Waals surface area (Å²) in [4.78, 5) is 16.4. The molecule has 0 radical (unpaired) electrons. The number of hydrogen-bond donors (Lipinski definition) is 0. The van der Waals surface area contributed by atoms with E-state index in [2.05, 4.69) is 20.9 Å². The fraction of sp³-hybridized carbons (Fsp3) is 0.0588. The Bertz CT molecular complexity index is 833. The van der Waals surface area contributed by atoms with E-state index in [-0.39, 0.29) is 18.2 Å². The van der Waals surface area contributed by atoms with Crippen molar-refractivity contribution >= 4 is 33.2 Å². The van der Waals surface area contributed by atoms with E-state index >= 15 is 0 Å². The predicted molar refractivity (Wildman–Crippen MR) is 91.0 cm³/mol. The molecule has 1 aromatic heterocycles. The monoisotopic (exact) mass is 391 g/mol. The van der Waals surface area contributed by atoms with Crippen LogP contribution in [-0.4, -0.2) is 11.0 Å². The molecule has 23 heavy (non-hydrogen) atoms. The molecule has 0 atom stereocenters. The summed E-state index contributed by atoms with van der Waals surface area (Å²) < 4.78 is 19.0. The van der Waals surface area contributed by atoms with Gasteiger partial charge in [-0.25, -0.2) is 9.37 Å². The maximum absolute atomic E-state index is 12.9. The molecule has 0 aliphatic heterocycles. The lowest BCUT2D eigenvalue weighted by molar-refractivity contribution is -0.133. The van der Waals surface area contributed by atoms with Gasteiger partial charge in [0.15, 0.2) is 0 Å². The van der Waals surface area contributed by atoms with Crippen molar-refractivity contribution in [1.29, 1.82) is 0 Å². The second-order valence-corrected chi connectivity index (χ2v) is 6.44. The molecule has 0 fully saturated rings. The third-order valence-electron chi connectivity index (χ3n) is 3.03. The Morgan fingerprint density at radius 1 is 1.17 bits per heavy atom. The van der Waals surface area contributed by atoms with E-state index in [1.807, 2.05) is 6.07 Å². The molecule has 0 bridgehead atoms. The molecular weight excluding hydrogens is 381 g/mol. The van der Waals surface area contributed by atoms with Gasteiger partial charge in [0.1, 0.15) is 16.6 Å². The van der Waals surface area contributed by atoms with Gasteiger partial charge in [-0.3, -0.25) is 4.79 Å². The average Bonchev–Trinajstić information content (AvgIpc) is 2.98. The van der Waals surface area contributed by atoms with Crippen LogP contribution in [0.5, 0.6) is 5.75 Å². The maximum Gasteiger partial charge on any atom is 0.317 e. The highest BCUT2D eigenvalue weighted by Gasteiger charge is 2.12. The van der Waals surface area contributed by atoms with Gasteiger partial charge in [0.05, 0.1) is 16.6 Å². The molecule has 0 saturated heterocycles. The Morgan fingerprint density at radius 2 is 1.91 bits per heavy atom. The third-order valence-corrected chi connectivity index (χ3v) is 4.62. The van der Waals surface area contributed by atoms with Crippen LogP contribution in [0.15, 0.2) is 58.4 Å². The summed E-state index contributed by atoms with van der Waals surface area (Å²) in [6, 6.07) is 13.3. The quantitative estimate of drug-likeness (QED) is 0.470. The molecule has 0 spiro atoms. The molecule has 2 aromatic carbocycles. The van der Waals surface area contributed by atoms with Crippen LogP contribution in [-0.2, 0) is 11.2 Å². The largest absolute Gasteiger partial charge is 0.425 e. The third kappa shape index (κ3) is 4.03. The van der Waals surface area contributed by atoms with Crippen LogP contribution in [0.4, 0.5) is 4.39 Å². The summed E-state index contributed by atoms with van der Waals surface area (Å²) >= 11 is 4.74. The van der Waals surface area contributed by atoms with Crippen LogP contribution in [0.2, 0.25) is 0 Å². The van der Waals surface area contributed by atoms with E-state index in [4.69, 9.17) is 4.74 Å². The van der Waals surface area contributed by atoms with Crippen molar-refractivity contribution in [3.05, 3.63) is 69.9 Å². The zero-order valence-corrected chi connectivity index (χ0v) is 14.2. The minimum absolute atomic E-state index is 0.0824. The molecule has 3 nitrogen and oxygen atoms in total. The first-order valence-electron chi connectivity index (χ1n) is 6.77. The Kier molecular flexibility index (Phi) is 4.83. The van der Waals surface area contributed by atoms with E-state index in [0.717, 1.165) is 15.0 Å². The van der Waals surface area contributed by atoms with Crippen molar-refractivity contribution in [2.24, 2.45) is 0 Å². The first-order chi connectivity index (χ1) is 11.1. The maximum atomic E-state index is 12.9. The number of carbonyl (C=O) groups excluding carboxylic acids is 1. The van der Waals surface area contributed by atoms with Crippen LogP contribution < -0.4 is 4.74 Å². The summed E-state index contributed by atoms with van der Waals surface area (Å²) in [7, 11) is 0. The van der Waals surface area contributed by atoms with Crippen LogP contribution in [0.25, 0.3) is 10.6 Å². The van der Waals surface area contributed by atoms with Crippen LogP contribution in [0.1, 0.15) is 5.69 Å². The number of benzene rings is 2. The highest BCUT2D eigenvalue weighted by molar-refractivity contribution is 9.10. The van der Waals surface area contributed by atoms with E-state index in [1.165, 1.54) is 23.5 Å². The van der Waals surface area contributed by atoms with Gasteiger partial charge in [-0.1, -0.05) is 12.1 Å². The number of carbonyl (C=O) groups is 1. The topological polar surface area (TPSA) is 39.2 Å². The zero-order valence-electron chi connectivity index (χ0n) is 11.8. The lowest BCUT2D eigenvalue weighted by atomic mass is 10.2. The summed E-state index contributed by atoms with van der Waals surface area (Å²) in [5.41, 5.74) is 1.45. The molecule has 0 unspecified atom stereocenters. The number of hydrogen-bond acceptors (Lipinski definition) is 4. The number of rotatable bonds is 4. The smallest absolute Gasteiger partial charge is 0.317 e. The highest BCUT2D eigenvalue weighted by Crippen LogP contribution is 2.26. The van der Waals surface area contributed by atoms with Crippen LogP contribution >= 0.6 is 27.3 Å². The van der Waals surface area contributed by atoms with Gasteiger partial charge < -0.3 is 4.74 Å². The zero-order chi connectivity index (χ0) is 16.2. The standard InChI is InChI=1S/C17H11BrFNO2S/c18-14-3-1-2-4-15(14)22-16(21)9-13-10-23-17(20-13)11-5-7-12(19)8-6-11/h1-8,10H,9H2. The molecule has 3 aromatic rings. The number of nitrogens with zero attached hydrogens (tertiary/aromatic N) is 1. The molecule has 6 heteroatoms. The first kappa shape index (κ1) is 15.8. The summed E-state index contributed by atoms with van der Waals surface area (Å²) in [6.07, 6.45) is 0.0824. The lowest BCUT2D eigenvalue weighted by Crippen LogP contribution is -2.11. The molecular formula is C17H11BrFNO2S. The van der Waals surface area contributed by atoms with E-state index < -0.39 is 0 Å². The molecule has 0 N–H and O–H groups in total. The molecule has 1 heterocycles. The molecule has 0 amide bonds. The summed E-state index contributed by atoms with van der Waals surface area (Å²) in [6.45, 7) is 0. The second kappa shape index (κ2) is 7.02. The summed E-state index contributed by atoms with van der Waals surface area (Å²) in [5.74, 6) is -0.193.